The lowest BCUT2D eigenvalue weighted by molar-refractivity contribution is 0.0941. The number of rotatable bonds is 5. The molecule has 1 atom stereocenters. The normalized spacial score (nSPS) is 14.2. The topological polar surface area (TPSA) is 96.6 Å². The lowest BCUT2D eigenvalue weighted by Gasteiger charge is -2.14. The van der Waals surface area contributed by atoms with Crippen LogP contribution in [0.1, 0.15) is 41.7 Å². The third kappa shape index (κ3) is 4.81. The summed E-state index contributed by atoms with van der Waals surface area (Å²) in [5.74, 6) is -0.316. The first-order chi connectivity index (χ1) is 18.9. The van der Waals surface area contributed by atoms with Crippen molar-refractivity contribution in [1.82, 2.24) is 29.4 Å². The van der Waals surface area contributed by atoms with Crippen LogP contribution in [0.25, 0.3) is 27.7 Å². The first-order valence-electron chi connectivity index (χ1n) is 12.9. The zero-order valence-corrected chi connectivity index (χ0v) is 21.7. The Hall–Kier alpha value is -4.73. The number of nitrogens with zero attached hydrogens (tertiary/aromatic N) is 5. The predicted molar refractivity (Wildman–Crippen MR) is 147 cm³/mol. The van der Waals surface area contributed by atoms with Crippen molar-refractivity contribution in [2.45, 2.75) is 25.8 Å². The molecule has 10 heteroatoms. The molecule has 5 aromatic rings. The van der Waals surface area contributed by atoms with E-state index in [2.05, 4.69) is 20.7 Å². The van der Waals surface area contributed by atoms with Crippen LogP contribution >= 0.6 is 0 Å². The quantitative estimate of drug-likeness (QED) is 0.332. The van der Waals surface area contributed by atoms with Gasteiger partial charge in [0.2, 0.25) is 0 Å². The van der Waals surface area contributed by atoms with Crippen LogP contribution in [0.4, 0.5) is 15.1 Å². The molecule has 2 N–H and O–H groups in total. The van der Waals surface area contributed by atoms with Crippen molar-refractivity contribution in [2.24, 2.45) is 7.05 Å². The minimum atomic E-state index is -0.359. The van der Waals surface area contributed by atoms with E-state index >= 15 is 0 Å². The molecule has 1 saturated heterocycles. The SMILES string of the molecule is C[C@H](NC(=O)c1cn(C)c2ccc(-c3ccn4nc(NC(=O)N5CCCC5)nc4c3)cc12)c1cccc(F)c1. The van der Waals surface area contributed by atoms with Gasteiger partial charge in [0.05, 0.1) is 11.6 Å². The molecule has 4 heterocycles. The summed E-state index contributed by atoms with van der Waals surface area (Å²) in [6, 6.07) is 15.5. The van der Waals surface area contributed by atoms with Gasteiger partial charge in [-0.05, 0) is 72.9 Å². The molecule has 0 aliphatic carbocycles. The van der Waals surface area contributed by atoms with Crippen LogP contribution in [0.5, 0.6) is 0 Å². The van der Waals surface area contributed by atoms with Gasteiger partial charge in [-0.25, -0.2) is 13.7 Å². The molecule has 0 radical (unpaired) electrons. The number of aromatic nitrogens is 4. The Kier molecular flexibility index (Phi) is 6.22. The second-order valence-electron chi connectivity index (χ2n) is 9.91. The molecule has 3 aromatic heterocycles. The van der Waals surface area contributed by atoms with Crippen LogP contribution in [0.2, 0.25) is 0 Å². The summed E-state index contributed by atoms with van der Waals surface area (Å²) in [7, 11) is 1.90. The average molecular weight is 526 g/mol. The van der Waals surface area contributed by atoms with E-state index in [-0.39, 0.29) is 29.7 Å². The average Bonchev–Trinajstić information content (AvgIpc) is 3.67. The second kappa shape index (κ2) is 9.86. The van der Waals surface area contributed by atoms with Crippen LogP contribution in [-0.2, 0) is 7.05 Å². The Morgan fingerprint density at radius 1 is 1.03 bits per heavy atom. The highest BCUT2D eigenvalue weighted by Crippen LogP contribution is 2.29. The third-order valence-electron chi connectivity index (χ3n) is 7.21. The number of urea groups is 1. The zero-order valence-electron chi connectivity index (χ0n) is 21.7. The minimum Gasteiger partial charge on any atom is -0.350 e. The van der Waals surface area contributed by atoms with Crippen molar-refractivity contribution in [2.75, 3.05) is 18.4 Å². The number of anilines is 1. The fourth-order valence-corrected chi connectivity index (χ4v) is 5.10. The van der Waals surface area contributed by atoms with Crippen molar-refractivity contribution < 1.29 is 14.0 Å². The van der Waals surface area contributed by atoms with E-state index in [0.29, 0.717) is 16.8 Å². The highest BCUT2D eigenvalue weighted by molar-refractivity contribution is 6.08. The predicted octanol–water partition coefficient (Wildman–Crippen LogP) is 5.15. The fourth-order valence-electron chi connectivity index (χ4n) is 5.10. The third-order valence-corrected chi connectivity index (χ3v) is 7.21. The summed E-state index contributed by atoms with van der Waals surface area (Å²) < 4.78 is 17.2. The number of aryl methyl sites for hydroxylation is 1. The Morgan fingerprint density at radius 2 is 1.82 bits per heavy atom. The van der Waals surface area contributed by atoms with Crippen molar-refractivity contribution in [3.63, 3.8) is 0 Å². The van der Waals surface area contributed by atoms with Gasteiger partial charge in [-0.15, -0.1) is 5.10 Å². The summed E-state index contributed by atoms with van der Waals surface area (Å²) >= 11 is 0. The number of halogens is 1. The maximum atomic E-state index is 13.7. The number of hydrogen-bond donors (Lipinski definition) is 2. The first kappa shape index (κ1) is 24.6. The molecule has 1 aliphatic heterocycles. The fraction of sp³-hybridized carbons (Fsp3) is 0.241. The van der Waals surface area contributed by atoms with Crippen molar-refractivity contribution in [3.05, 3.63) is 83.9 Å². The summed E-state index contributed by atoms with van der Waals surface area (Å²) in [6.45, 7) is 3.32. The van der Waals surface area contributed by atoms with Gasteiger partial charge in [0, 0.05) is 43.4 Å². The molecule has 39 heavy (non-hydrogen) atoms. The van der Waals surface area contributed by atoms with E-state index in [4.69, 9.17) is 0 Å². The van der Waals surface area contributed by atoms with Crippen LogP contribution in [0.15, 0.2) is 67.0 Å². The Morgan fingerprint density at radius 3 is 2.62 bits per heavy atom. The van der Waals surface area contributed by atoms with Gasteiger partial charge in [0.15, 0.2) is 5.65 Å². The van der Waals surface area contributed by atoms with Gasteiger partial charge in [-0.2, -0.15) is 4.98 Å². The number of fused-ring (bicyclic) bond motifs is 2. The second-order valence-corrected chi connectivity index (χ2v) is 9.91. The Labute approximate surface area is 224 Å². The summed E-state index contributed by atoms with van der Waals surface area (Å²) in [6.07, 6.45) is 5.62. The molecule has 9 nitrogen and oxygen atoms in total. The van der Waals surface area contributed by atoms with E-state index in [1.807, 2.05) is 48.9 Å². The lowest BCUT2D eigenvalue weighted by atomic mass is 10.0. The summed E-state index contributed by atoms with van der Waals surface area (Å²) in [5, 5.41) is 11.0. The van der Waals surface area contributed by atoms with E-state index in [1.165, 1.54) is 12.1 Å². The molecule has 6 rings (SSSR count). The van der Waals surface area contributed by atoms with Gasteiger partial charge in [0.25, 0.3) is 11.9 Å². The number of carbonyl (C=O) groups is 2. The number of benzene rings is 2. The van der Waals surface area contributed by atoms with E-state index in [0.717, 1.165) is 48.0 Å². The molecule has 0 spiro atoms. The van der Waals surface area contributed by atoms with E-state index < -0.39 is 0 Å². The maximum absolute atomic E-state index is 13.7. The Balaban J connectivity index is 1.27. The van der Waals surface area contributed by atoms with Crippen molar-refractivity contribution in [1.29, 1.82) is 0 Å². The zero-order chi connectivity index (χ0) is 27.1. The molecular formula is C29H28FN7O2. The van der Waals surface area contributed by atoms with E-state index in [1.54, 1.807) is 33.9 Å². The molecule has 1 fully saturated rings. The summed E-state index contributed by atoms with van der Waals surface area (Å²) in [5.41, 5.74) is 4.55. The van der Waals surface area contributed by atoms with Gasteiger partial charge >= 0.3 is 6.03 Å². The molecule has 3 amide bonds. The monoisotopic (exact) mass is 525 g/mol. The van der Waals surface area contributed by atoms with Gasteiger partial charge < -0.3 is 14.8 Å². The first-order valence-corrected chi connectivity index (χ1v) is 12.9. The number of nitrogens with one attached hydrogen (secondary N) is 2. The van der Waals surface area contributed by atoms with Crippen LogP contribution in [0, 0.1) is 5.82 Å². The summed E-state index contributed by atoms with van der Waals surface area (Å²) in [4.78, 5) is 32.0. The van der Waals surface area contributed by atoms with E-state index in [9.17, 15) is 14.0 Å². The maximum Gasteiger partial charge on any atom is 0.324 e. The molecular weight excluding hydrogens is 497 g/mol. The number of carbonyl (C=O) groups excluding carboxylic acids is 2. The Bertz CT molecular complexity index is 1720. The molecule has 1 aliphatic rings. The lowest BCUT2D eigenvalue weighted by Crippen LogP contribution is -2.32. The number of likely N-dealkylation sites (tertiary alicyclic amines) is 1. The van der Waals surface area contributed by atoms with Crippen molar-refractivity contribution >= 4 is 34.4 Å². The van der Waals surface area contributed by atoms with Crippen LogP contribution in [0.3, 0.4) is 0 Å². The molecule has 198 valence electrons. The highest BCUT2D eigenvalue weighted by Gasteiger charge is 2.20. The molecule has 0 bridgehead atoms. The molecule has 0 unspecified atom stereocenters. The number of pyridine rings is 1. The standard InChI is InChI=1S/C29H28FN7O2/c1-18(19-6-5-7-22(30)14-19)31-27(38)24-17-35(2)25-9-8-20(15-23(24)25)21-10-13-37-26(16-21)32-28(34-37)33-29(39)36-11-3-4-12-36/h5-10,13-18H,3-4,11-12H2,1-2H3,(H,31,38)(H,33,34,39)/t18-/m0/s1. The van der Waals surface area contributed by atoms with Gasteiger partial charge in [-0.1, -0.05) is 18.2 Å². The number of amides is 3. The highest BCUT2D eigenvalue weighted by atomic mass is 19.1. The minimum absolute atomic E-state index is 0.185. The largest absolute Gasteiger partial charge is 0.350 e. The van der Waals surface area contributed by atoms with Gasteiger partial charge in [0.1, 0.15) is 5.82 Å². The van der Waals surface area contributed by atoms with Crippen LogP contribution < -0.4 is 10.6 Å². The molecule has 0 saturated carbocycles. The van der Waals surface area contributed by atoms with Gasteiger partial charge in [-0.3, -0.25) is 10.1 Å². The molecule has 2 aromatic carbocycles. The van der Waals surface area contributed by atoms with Crippen molar-refractivity contribution in [3.8, 4) is 11.1 Å². The number of hydrogen-bond acceptors (Lipinski definition) is 4. The van der Waals surface area contributed by atoms with Crippen LogP contribution in [-0.4, -0.2) is 49.1 Å². The smallest absolute Gasteiger partial charge is 0.324 e.